The summed E-state index contributed by atoms with van der Waals surface area (Å²) >= 11 is 29.4. The minimum Gasteiger partial charge on any atom is -0.0944 e. The molecule has 0 amide bonds. The summed E-state index contributed by atoms with van der Waals surface area (Å²) in [7, 11) is 0. The quantitative estimate of drug-likeness (QED) is 0.540. The van der Waals surface area contributed by atoms with Crippen molar-refractivity contribution in [2.45, 2.75) is 3.78 Å². The van der Waals surface area contributed by atoms with Crippen LogP contribution in [0, 0.1) is 0 Å². The third-order valence-electron chi connectivity index (χ3n) is 1.13. The molecule has 1 atom stereocenters. The zero-order chi connectivity index (χ0) is 8.81. The second-order valence-electron chi connectivity index (χ2n) is 1.83. The van der Waals surface area contributed by atoms with Crippen LogP contribution in [0.2, 0.25) is 0 Å². The first-order valence-corrected chi connectivity index (χ1v) is 5.48. The molecule has 0 fully saturated rings. The van der Waals surface area contributed by atoms with Crippen LogP contribution >= 0.6 is 78.3 Å². The van der Waals surface area contributed by atoms with Gasteiger partial charge >= 0.3 is 0 Å². The molecule has 0 N–H and O–H groups in total. The van der Waals surface area contributed by atoms with Crippen LogP contribution < -0.4 is 0 Å². The molecule has 11 heavy (non-hydrogen) atoms. The van der Waals surface area contributed by atoms with Crippen molar-refractivity contribution in [1.29, 1.82) is 0 Å². The lowest BCUT2D eigenvalue weighted by molar-refractivity contribution is 1.31. The van der Waals surface area contributed by atoms with Gasteiger partial charge < -0.3 is 0 Å². The fourth-order valence-corrected chi connectivity index (χ4v) is 2.81. The van der Waals surface area contributed by atoms with E-state index in [1.807, 2.05) is 0 Å². The fourth-order valence-electron chi connectivity index (χ4n) is 0.565. The first-order valence-electron chi connectivity index (χ1n) is 2.38. The average molecular weight is 362 g/mol. The molecular weight excluding hydrogens is 362 g/mol. The molecule has 0 saturated carbocycles. The Bertz CT molecular complexity index is 240. The highest BCUT2D eigenvalue weighted by Crippen LogP contribution is 2.55. The van der Waals surface area contributed by atoms with Crippen molar-refractivity contribution in [2.24, 2.45) is 0 Å². The van der Waals surface area contributed by atoms with Crippen molar-refractivity contribution in [2.75, 3.05) is 0 Å². The molecule has 1 aliphatic rings. The van der Waals surface area contributed by atoms with Crippen LogP contribution in [0.15, 0.2) is 19.6 Å². The maximum atomic E-state index is 5.91. The molecule has 0 radical (unpaired) electrons. The summed E-state index contributed by atoms with van der Waals surface area (Å²) in [6.45, 7) is 0. The van der Waals surface area contributed by atoms with Crippen molar-refractivity contribution in [3.63, 3.8) is 0 Å². The van der Waals surface area contributed by atoms with Gasteiger partial charge in [0.1, 0.15) is 0 Å². The molecule has 0 aliphatic heterocycles. The zero-order valence-corrected chi connectivity index (χ0v) is 11.0. The Kier molecular flexibility index (Phi) is 3.29. The van der Waals surface area contributed by atoms with Crippen molar-refractivity contribution in [1.82, 2.24) is 0 Å². The summed E-state index contributed by atoms with van der Waals surface area (Å²) in [5.41, 5.74) is 0. The van der Waals surface area contributed by atoms with Crippen molar-refractivity contribution in [3.05, 3.63) is 19.6 Å². The van der Waals surface area contributed by atoms with Crippen LogP contribution in [0.3, 0.4) is 0 Å². The lowest BCUT2D eigenvalue weighted by Crippen LogP contribution is -2.08. The van der Waals surface area contributed by atoms with Gasteiger partial charge in [-0.1, -0.05) is 78.3 Å². The maximum Gasteiger partial charge on any atom is 0.169 e. The van der Waals surface area contributed by atoms with E-state index in [0.29, 0.717) is 9.51 Å². The van der Waals surface area contributed by atoms with Gasteiger partial charge in [-0.3, -0.25) is 0 Å². The molecule has 0 nitrogen and oxygen atoms in total. The highest BCUT2D eigenvalue weighted by atomic mass is 79.9. The molecule has 1 aliphatic carbocycles. The van der Waals surface area contributed by atoms with E-state index in [1.165, 1.54) is 0 Å². The molecule has 0 aromatic rings. The van der Waals surface area contributed by atoms with E-state index in [2.05, 4.69) is 31.9 Å². The number of hydrogen-bond donors (Lipinski definition) is 0. The van der Waals surface area contributed by atoms with Crippen molar-refractivity contribution >= 4 is 78.3 Å². The van der Waals surface area contributed by atoms with E-state index in [9.17, 15) is 0 Å². The van der Waals surface area contributed by atoms with E-state index in [0.717, 1.165) is 0 Å². The third kappa shape index (κ3) is 1.63. The van der Waals surface area contributed by atoms with Crippen molar-refractivity contribution < 1.29 is 0 Å². The molecule has 0 bridgehead atoms. The Labute approximate surface area is 101 Å². The van der Waals surface area contributed by atoms with E-state index < -0.39 is 3.78 Å². The van der Waals surface area contributed by atoms with E-state index >= 15 is 0 Å². The Morgan fingerprint density at radius 2 is 1.55 bits per heavy atom. The van der Waals surface area contributed by atoms with Gasteiger partial charge in [0.2, 0.25) is 0 Å². The van der Waals surface area contributed by atoms with Crippen LogP contribution in [-0.4, -0.2) is 3.78 Å². The lowest BCUT2D eigenvalue weighted by atomic mass is 10.5. The topological polar surface area (TPSA) is 0 Å². The van der Waals surface area contributed by atoms with Gasteiger partial charge in [0.15, 0.2) is 3.78 Å². The first kappa shape index (κ1) is 10.7. The summed E-state index contributed by atoms with van der Waals surface area (Å²) in [4.78, 5) is 0. The Balaban J connectivity index is 3.27. The largest absolute Gasteiger partial charge is 0.169 e. The number of allylic oxidation sites excluding steroid dienone is 4. The lowest BCUT2D eigenvalue weighted by Gasteiger charge is -2.12. The first-order chi connectivity index (χ1) is 4.89. The third-order valence-corrected chi connectivity index (χ3v) is 6.03. The van der Waals surface area contributed by atoms with Gasteiger partial charge in [0.25, 0.3) is 0 Å². The molecule has 0 aromatic heterocycles. The summed E-state index contributed by atoms with van der Waals surface area (Å²) < 4.78 is -0.453. The van der Waals surface area contributed by atoms with Gasteiger partial charge in [-0.05, 0) is 0 Å². The molecule has 0 aromatic carbocycles. The van der Waals surface area contributed by atoms with E-state index in [1.54, 1.807) is 0 Å². The SMILES string of the molecule is ClC1=C(Cl)C(Cl)(Br)C(Br)=C1Cl. The Hall–Kier alpha value is 1.60. The van der Waals surface area contributed by atoms with Gasteiger partial charge in [-0.15, -0.1) is 0 Å². The Morgan fingerprint density at radius 1 is 1.09 bits per heavy atom. The standard InChI is InChI=1S/C5Br2Cl4/c6-3-1(8)2(9)4(10)5(3,7)11. The summed E-state index contributed by atoms with van der Waals surface area (Å²) in [6.07, 6.45) is 0. The second kappa shape index (κ2) is 3.39. The van der Waals surface area contributed by atoms with Crippen LogP contribution in [0.1, 0.15) is 0 Å². The number of halogens is 6. The zero-order valence-electron chi connectivity index (χ0n) is 4.77. The second-order valence-corrected chi connectivity index (χ2v) is 5.97. The molecule has 0 heterocycles. The minimum absolute atomic E-state index is 0.270. The highest BCUT2D eigenvalue weighted by Gasteiger charge is 2.41. The predicted molar refractivity (Wildman–Crippen MR) is 58.0 cm³/mol. The minimum atomic E-state index is -0.983. The number of hydrogen-bond acceptors (Lipinski definition) is 0. The molecule has 0 spiro atoms. The van der Waals surface area contributed by atoms with Gasteiger partial charge in [-0.25, -0.2) is 0 Å². The predicted octanol–water partition coefficient (Wildman–Crippen LogP) is 4.86. The molecule has 0 saturated heterocycles. The van der Waals surface area contributed by atoms with Crippen LogP contribution in [0.4, 0.5) is 0 Å². The molecule has 6 heteroatoms. The summed E-state index contributed by atoms with van der Waals surface area (Å²) in [5, 5.41) is 0.883. The van der Waals surface area contributed by atoms with Crippen LogP contribution in [-0.2, 0) is 0 Å². The average Bonchev–Trinajstić information content (AvgIpc) is 2.06. The normalized spacial score (nSPS) is 32.2. The fraction of sp³-hybridized carbons (Fsp3) is 0.200. The Morgan fingerprint density at radius 3 is 1.64 bits per heavy atom. The number of rotatable bonds is 0. The monoisotopic (exact) mass is 358 g/mol. The van der Waals surface area contributed by atoms with Gasteiger partial charge in [0.05, 0.1) is 19.6 Å². The smallest absolute Gasteiger partial charge is 0.0944 e. The molecule has 1 rings (SSSR count). The maximum absolute atomic E-state index is 5.91. The van der Waals surface area contributed by atoms with Gasteiger partial charge in [0, 0.05) is 0 Å². The van der Waals surface area contributed by atoms with Crippen LogP contribution in [0.25, 0.3) is 0 Å². The summed E-state index contributed by atoms with van der Waals surface area (Å²) in [6, 6.07) is 0. The highest BCUT2D eigenvalue weighted by molar-refractivity contribution is 9.14. The van der Waals surface area contributed by atoms with Gasteiger partial charge in [-0.2, -0.15) is 0 Å². The van der Waals surface area contributed by atoms with E-state index in [-0.39, 0.29) is 10.1 Å². The number of alkyl halides is 2. The molecular formula is C5Br2Cl4. The van der Waals surface area contributed by atoms with E-state index in [4.69, 9.17) is 46.4 Å². The van der Waals surface area contributed by atoms with Crippen molar-refractivity contribution in [3.8, 4) is 0 Å². The molecule has 62 valence electrons. The molecule has 1 unspecified atom stereocenters. The van der Waals surface area contributed by atoms with Crippen LogP contribution in [0.5, 0.6) is 0 Å². The summed E-state index contributed by atoms with van der Waals surface area (Å²) in [5.74, 6) is 0.